The van der Waals surface area contributed by atoms with Crippen LogP contribution in [0.5, 0.6) is 0 Å². The van der Waals surface area contributed by atoms with E-state index in [4.69, 9.17) is 4.74 Å². The molecule has 0 aliphatic carbocycles. The van der Waals surface area contributed by atoms with Crippen molar-refractivity contribution in [3.8, 4) is 0 Å². The minimum absolute atomic E-state index is 0. The van der Waals surface area contributed by atoms with E-state index in [1.54, 1.807) is 0 Å². The molecule has 26 heavy (non-hydrogen) atoms. The van der Waals surface area contributed by atoms with Gasteiger partial charge in [0.25, 0.3) is 0 Å². The van der Waals surface area contributed by atoms with Crippen LogP contribution in [0.4, 0.5) is 0 Å². The molecule has 2 aromatic carbocycles. The molecule has 2 aromatic rings. The molecule has 0 amide bonds. The van der Waals surface area contributed by atoms with Crippen LogP contribution in [0.2, 0.25) is 0 Å². The van der Waals surface area contributed by atoms with Crippen molar-refractivity contribution in [2.24, 2.45) is 0 Å². The van der Waals surface area contributed by atoms with E-state index in [2.05, 4.69) is 24.3 Å². The van der Waals surface area contributed by atoms with Crippen molar-refractivity contribution in [2.45, 2.75) is 0 Å². The number of morpholine rings is 1. The summed E-state index contributed by atoms with van der Waals surface area (Å²) in [5.41, 5.74) is 0. The minimum atomic E-state index is -3.42. The zero-order valence-corrected chi connectivity index (χ0v) is 19.1. The van der Waals surface area contributed by atoms with Gasteiger partial charge in [-0.3, -0.25) is 4.90 Å². The summed E-state index contributed by atoms with van der Waals surface area (Å²) < 4.78 is 17.9. The Morgan fingerprint density at radius 2 is 1.46 bits per heavy atom. The molecular weight excluding hydrogens is 375 g/mol. The van der Waals surface area contributed by atoms with E-state index in [0.717, 1.165) is 0 Å². The molecule has 1 heterocycles. The molecule has 3 rings (SSSR count). The number of benzene rings is 2. The average molecular weight is 399 g/mol. The largest absolute Gasteiger partial charge is 1.00 e. The smallest absolute Gasteiger partial charge is 0.798 e. The van der Waals surface area contributed by atoms with E-state index >= 15 is 0 Å². The van der Waals surface area contributed by atoms with Crippen LogP contribution in [-0.4, -0.2) is 49.8 Å². The van der Waals surface area contributed by atoms with E-state index in [9.17, 15) is 9.46 Å². The van der Waals surface area contributed by atoms with Crippen LogP contribution in [0, 0.1) is 0 Å². The van der Waals surface area contributed by atoms with Crippen molar-refractivity contribution in [3.05, 3.63) is 60.7 Å². The summed E-state index contributed by atoms with van der Waals surface area (Å²) in [5, 5.41) is 2.46. The summed E-state index contributed by atoms with van der Waals surface area (Å²) >= 11 is 0. The number of nitrogens with zero attached hydrogens (tertiary/aromatic N) is 1. The molecule has 0 spiro atoms. The summed E-state index contributed by atoms with van der Waals surface area (Å²) in [6.07, 6.45) is 1.09. The van der Waals surface area contributed by atoms with Crippen molar-refractivity contribution in [1.82, 2.24) is 4.90 Å². The molecule has 1 saturated heterocycles. The molecule has 0 saturated carbocycles. The van der Waals surface area contributed by atoms with Crippen LogP contribution < -0.4 is 45.1 Å². The molecule has 4 nitrogen and oxygen atoms in total. The normalized spacial score (nSPS) is 17.5. The first-order valence-corrected chi connectivity index (χ1v) is 12.1. The van der Waals surface area contributed by atoms with Gasteiger partial charge in [-0.15, -0.1) is 0 Å². The van der Waals surface area contributed by atoms with Crippen molar-refractivity contribution in [1.29, 1.82) is 0 Å². The molecule has 1 aliphatic rings. The fourth-order valence-electron chi connectivity index (χ4n) is 2.99. The van der Waals surface area contributed by atoms with Crippen molar-refractivity contribution < 1.29 is 43.8 Å². The topological polar surface area (TPSA) is 52.6 Å². The Morgan fingerprint density at radius 3 is 1.96 bits per heavy atom. The van der Waals surface area contributed by atoms with Gasteiger partial charge in [0, 0.05) is 26.7 Å². The predicted octanol–water partition coefficient (Wildman–Crippen LogP) is -0.949. The van der Waals surface area contributed by atoms with Gasteiger partial charge in [0.2, 0.25) is 0 Å². The van der Waals surface area contributed by atoms with Crippen molar-refractivity contribution >= 4 is 25.9 Å². The van der Waals surface area contributed by atoms with Gasteiger partial charge < -0.3 is 14.2 Å². The van der Waals surface area contributed by atoms with E-state index < -0.39 is 15.3 Å². The van der Waals surface area contributed by atoms with E-state index in [1.165, 1.54) is 10.6 Å². The molecule has 0 aromatic heterocycles. The van der Waals surface area contributed by atoms with Gasteiger partial charge in [0.05, 0.1) is 13.2 Å². The van der Waals surface area contributed by atoms with Crippen LogP contribution in [-0.2, 0) is 9.30 Å². The van der Waals surface area contributed by atoms with Crippen LogP contribution in [0.1, 0.15) is 0 Å². The maximum atomic E-state index is 12.6. The third-order valence-corrected chi connectivity index (χ3v) is 8.92. The van der Waals surface area contributed by atoms with E-state index in [1.807, 2.05) is 41.3 Å². The first-order chi connectivity index (χ1) is 12.1. The summed E-state index contributed by atoms with van der Waals surface area (Å²) in [4.78, 5) is 14.6. The van der Waals surface area contributed by atoms with Crippen molar-refractivity contribution in [2.75, 3.05) is 44.9 Å². The van der Waals surface area contributed by atoms with Gasteiger partial charge in [0.1, 0.15) is 0 Å². The van der Waals surface area contributed by atoms with Gasteiger partial charge in [-0.25, -0.2) is 0 Å². The molecule has 1 aliphatic heterocycles. The first-order valence-electron chi connectivity index (χ1n) is 8.61. The van der Waals surface area contributed by atoms with Gasteiger partial charge >= 0.3 is 29.6 Å². The van der Waals surface area contributed by atoms with Gasteiger partial charge in [-0.1, -0.05) is 60.7 Å². The van der Waals surface area contributed by atoms with Crippen LogP contribution in [0.15, 0.2) is 60.7 Å². The molecule has 1 atom stereocenters. The minimum Gasteiger partial charge on any atom is -0.798 e. The summed E-state index contributed by atoms with van der Waals surface area (Å²) in [6.45, 7) is 2.66. The zero-order chi connectivity index (χ0) is 17.5. The standard InChI is InChI=1S/C19H25NO3P2.Na/c21-25(22,17-20-11-13-23-14-12-20)16-15-24(18-7-3-1-4-8-18)19-9-5-2-6-10-19;/h1-10H,11-17H2,(H,21,22);/q;+1/p-1. The molecule has 1 unspecified atom stereocenters. The number of rotatable bonds is 7. The zero-order valence-electron chi connectivity index (χ0n) is 15.3. The van der Waals surface area contributed by atoms with E-state index in [0.29, 0.717) is 32.5 Å². The fourth-order valence-corrected chi connectivity index (χ4v) is 7.92. The average Bonchev–Trinajstić information content (AvgIpc) is 2.64. The van der Waals surface area contributed by atoms with Gasteiger partial charge in [0.15, 0.2) is 0 Å². The third kappa shape index (κ3) is 6.86. The Balaban J connectivity index is 0.00000243. The van der Waals surface area contributed by atoms with E-state index in [-0.39, 0.29) is 42.0 Å². The quantitative estimate of drug-likeness (QED) is 0.445. The SMILES string of the molecule is O=P([O-])(CCP(c1ccccc1)c1ccccc1)CN1CCOCC1.[Na+]. The number of hydrogen-bond acceptors (Lipinski definition) is 4. The first kappa shape index (κ1) is 22.3. The molecule has 0 N–H and O–H groups in total. The molecular formula is C19H24NNaO3P2. The third-order valence-electron chi connectivity index (χ3n) is 4.32. The molecule has 0 radical (unpaired) electrons. The van der Waals surface area contributed by atoms with Crippen molar-refractivity contribution in [3.63, 3.8) is 0 Å². The second-order valence-electron chi connectivity index (χ2n) is 6.23. The monoisotopic (exact) mass is 399 g/mol. The second kappa shape index (κ2) is 11.1. The van der Waals surface area contributed by atoms with Gasteiger partial charge in [-0.2, -0.15) is 0 Å². The summed E-state index contributed by atoms with van der Waals surface area (Å²) in [6, 6.07) is 20.5. The number of hydrogen-bond donors (Lipinski definition) is 0. The Bertz CT molecular complexity index is 657. The molecule has 1 fully saturated rings. The Hall–Kier alpha value is -0.0200. The molecule has 7 heteroatoms. The van der Waals surface area contributed by atoms with Crippen LogP contribution in [0.25, 0.3) is 0 Å². The second-order valence-corrected chi connectivity index (χ2v) is 10.9. The van der Waals surface area contributed by atoms with Crippen LogP contribution >= 0.6 is 15.3 Å². The maximum Gasteiger partial charge on any atom is 1.00 e. The molecule has 0 bridgehead atoms. The summed E-state index contributed by atoms with van der Waals surface area (Å²) in [7, 11) is -4.07. The Morgan fingerprint density at radius 1 is 0.962 bits per heavy atom. The predicted molar refractivity (Wildman–Crippen MR) is 104 cm³/mol. The maximum absolute atomic E-state index is 12.6. The Kier molecular flexibility index (Phi) is 9.50. The Labute approximate surface area is 179 Å². The summed E-state index contributed by atoms with van der Waals surface area (Å²) in [5.74, 6) is 0. The molecule has 134 valence electrons. The van der Waals surface area contributed by atoms with Crippen LogP contribution in [0.3, 0.4) is 0 Å². The van der Waals surface area contributed by atoms with Gasteiger partial charge in [-0.05, 0) is 30.9 Å². The fraction of sp³-hybridized carbons (Fsp3) is 0.368. The number of ether oxygens (including phenoxy) is 1.